The minimum absolute atomic E-state index is 0.00926. The van der Waals surface area contributed by atoms with Crippen molar-refractivity contribution in [2.45, 2.75) is 23.2 Å². The molecule has 10 heavy (non-hydrogen) atoms. The molecular formula is C6H8O2S2. The number of rotatable bonds is 1. The summed E-state index contributed by atoms with van der Waals surface area (Å²) in [4.78, 5) is 21.2. The van der Waals surface area contributed by atoms with Crippen LogP contribution in [0.3, 0.4) is 0 Å². The second-order valence-electron chi connectivity index (χ2n) is 2.50. The van der Waals surface area contributed by atoms with Crippen molar-refractivity contribution in [3.05, 3.63) is 0 Å². The van der Waals surface area contributed by atoms with E-state index in [1.807, 2.05) is 13.8 Å². The third-order valence-corrected chi connectivity index (χ3v) is 3.89. The van der Waals surface area contributed by atoms with Crippen LogP contribution in [0.15, 0.2) is 0 Å². The predicted molar refractivity (Wildman–Crippen MR) is 44.1 cm³/mol. The van der Waals surface area contributed by atoms with Crippen molar-refractivity contribution in [2.24, 2.45) is 0 Å². The highest BCUT2D eigenvalue weighted by Gasteiger charge is 2.39. The molecule has 0 spiro atoms. The first-order chi connectivity index (χ1) is 4.55. The van der Waals surface area contributed by atoms with E-state index in [0.717, 1.165) is 6.29 Å². The molecule has 4 heteroatoms. The molecule has 0 amide bonds. The molecule has 2 nitrogen and oxygen atoms in total. The molecule has 1 heterocycles. The van der Waals surface area contributed by atoms with Crippen molar-refractivity contribution >= 4 is 34.9 Å². The minimum Gasteiger partial charge on any atom is -0.302 e. The first kappa shape index (κ1) is 8.14. The van der Waals surface area contributed by atoms with Crippen LogP contribution in [-0.2, 0) is 9.59 Å². The quantitative estimate of drug-likeness (QED) is 0.445. The summed E-state index contributed by atoms with van der Waals surface area (Å²) >= 11 is 2.67. The van der Waals surface area contributed by atoms with Crippen molar-refractivity contribution in [3.8, 4) is 0 Å². The van der Waals surface area contributed by atoms with E-state index in [2.05, 4.69) is 0 Å². The van der Waals surface area contributed by atoms with Crippen molar-refractivity contribution in [3.63, 3.8) is 0 Å². The van der Waals surface area contributed by atoms with E-state index in [1.54, 1.807) is 0 Å². The molecule has 0 radical (unpaired) electrons. The predicted octanol–water partition coefficient (Wildman–Crippen LogP) is 1.30. The van der Waals surface area contributed by atoms with Gasteiger partial charge in [0.2, 0.25) is 5.12 Å². The second kappa shape index (κ2) is 2.58. The Balaban J connectivity index is 2.70. The maximum absolute atomic E-state index is 10.9. The van der Waals surface area contributed by atoms with Crippen LogP contribution in [-0.4, -0.2) is 20.7 Å². The molecule has 0 N–H and O–H groups in total. The Labute approximate surface area is 68.1 Å². The molecule has 0 unspecified atom stereocenters. The molecule has 1 saturated heterocycles. The van der Waals surface area contributed by atoms with Gasteiger partial charge in [-0.05, 0) is 13.8 Å². The summed E-state index contributed by atoms with van der Waals surface area (Å²) in [6.45, 7) is 3.90. The molecule has 1 aliphatic rings. The van der Waals surface area contributed by atoms with E-state index >= 15 is 0 Å². The van der Waals surface area contributed by atoms with Gasteiger partial charge in [-0.2, -0.15) is 0 Å². The molecule has 1 aliphatic heterocycles. The lowest BCUT2D eigenvalue weighted by Gasteiger charge is -2.11. The van der Waals surface area contributed by atoms with Gasteiger partial charge in [0.1, 0.15) is 11.5 Å². The number of carbonyl (C=O) groups is 2. The van der Waals surface area contributed by atoms with Crippen LogP contribution in [0.5, 0.6) is 0 Å². The lowest BCUT2D eigenvalue weighted by atomic mass is 10.5. The summed E-state index contributed by atoms with van der Waals surface area (Å²) in [6, 6.07) is 0. The second-order valence-corrected chi connectivity index (χ2v) is 6.15. The fraction of sp³-hybridized carbons (Fsp3) is 0.667. The van der Waals surface area contributed by atoms with Crippen molar-refractivity contribution < 1.29 is 9.59 Å². The van der Waals surface area contributed by atoms with Gasteiger partial charge >= 0.3 is 0 Å². The zero-order valence-electron chi connectivity index (χ0n) is 5.79. The summed E-state index contributed by atoms with van der Waals surface area (Å²) in [5.74, 6) is 0. The Morgan fingerprint density at radius 3 is 2.40 bits per heavy atom. The monoisotopic (exact) mass is 176 g/mol. The minimum atomic E-state index is -0.431. The Morgan fingerprint density at radius 2 is 2.20 bits per heavy atom. The van der Waals surface area contributed by atoms with E-state index < -0.39 is 5.25 Å². The van der Waals surface area contributed by atoms with E-state index in [1.165, 1.54) is 23.5 Å². The average molecular weight is 176 g/mol. The third kappa shape index (κ3) is 1.55. The number of carbonyl (C=O) groups excluding carboxylic acids is 2. The van der Waals surface area contributed by atoms with E-state index in [4.69, 9.17) is 0 Å². The van der Waals surface area contributed by atoms with Crippen LogP contribution >= 0.6 is 23.5 Å². The van der Waals surface area contributed by atoms with Gasteiger partial charge in [0.15, 0.2) is 0 Å². The van der Waals surface area contributed by atoms with Gasteiger partial charge in [0.05, 0.1) is 4.08 Å². The fourth-order valence-electron chi connectivity index (χ4n) is 0.762. The van der Waals surface area contributed by atoms with Gasteiger partial charge in [-0.25, -0.2) is 0 Å². The van der Waals surface area contributed by atoms with Gasteiger partial charge < -0.3 is 4.79 Å². The summed E-state index contributed by atoms with van der Waals surface area (Å²) in [5.41, 5.74) is 0. The first-order valence-electron chi connectivity index (χ1n) is 2.91. The van der Waals surface area contributed by atoms with Crippen molar-refractivity contribution in [1.82, 2.24) is 0 Å². The smallest absolute Gasteiger partial charge is 0.210 e. The SMILES string of the molecule is CC1(C)SC(=O)[C@@H](C=O)S1. The average Bonchev–Trinajstić information content (AvgIpc) is 2.05. The molecule has 0 bridgehead atoms. The first-order valence-corrected chi connectivity index (χ1v) is 4.61. The Kier molecular flexibility index (Phi) is 2.10. The van der Waals surface area contributed by atoms with Crippen molar-refractivity contribution in [2.75, 3.05) is 0 Å². The summed E-state index contributed by atoms with van der Waals surface area (Å²) < 4.78 is -0.108. The largest absolute Gasteiger partial charge is 0.302 e. The Hall–Kier alpha value is 0.0400. The highest BCUT2D eigenvalue weighted by Crippen LogP contribution is 2.47. The Bertz CT molecular complexity index is 177. The normalized spacial score (nSPS) is 30.6. The van der Waals surface area contributed by atoms with Crippen LogP contribution in [0.4, 0.5) is 0 Å². The lowest BCUT2D eigenvalue weighted by molar-refractivity contribution is -0.115. The molecule has 0 aromatic carbocycles. The molecule has 1 rings (SSSR count). The maximum Gasteiger partial charge on any atom is 0.210 e. The lowest BCUT2D eigenvalue weighted by Crippen LogP contribution is -2.08. The number of hydrogen-bond acceptors (Lipinski definition) is 4. The number of thioether (sulfide) groups is 2. The molecule has 1 fully saturated rings. The molecule has 56 valence electrons. The fourth-order valence-corrected chi connectivity index (χ4v) is 3.22. The summed E-state index contributed by atoms with van der Waals surface area (Å²) in [7, 11) is 0. The van der Waals surface area contributed by atoms with Crippen molar-refractivity contribution in [1.29, 1.82) is 0 Å². The Morgan fingerprint density at radius 1 is 1.60 bits per heavy atom. The van der Waals surface area contributed by atoms with E-state index in [9.17, 15) is 9.59 Å². The van der Waals surface area contributed by atoms with Gasteiger partial charge in [-0.3, -0.25) is 4.79 Å². The highest BCUT2D eigenvalue weighted by atomic mass is 32.2. The van der Waals surface area contributed by atoms with E-state index in [-0.39, 0.29) is 9.19 Å². The van der Waals surface area contributed by atoms with E-state index in [0.29, 0.717) is 0 Å². The number of hydrogen-bond donors (Lipinski definition) is 0. The van der Waals surface area contributed by atoms with Crippen LogP contribution in [0, 0.1) is 0 Å². The molecule has 0 aromatic heterocycles. The molecule has 0 aliphatic carbocycles. The molecule has 0 aromatic rings. The standard InChI is InChI=1S/C6H8O2S2/c1-6(2)9-4(3-7)5(8)10-6/h3-4H,1-2H3/t4-/m1/s1. The van der Waals surface area contributed by atoms with Gasteiger partial charge in [0, 0.05) is 0 Å². The van der Waals surface area contributed by atoms with Crippen LogP contribution < -0.4 is 0 Å². The highest BCUT2D eigenvalue weighted by molar-refractivity contribution is 8.31. The topological polar surface area (TPSA) is 34.1 Å². The zero-order chi connectivity index (χ0) is 7.78. The number of aldehydes is 1. The summed E-state index contributed by atoms with van der Waals surface area (Å²) in [5, 5.41) is -0.440. The summed E-state index contributed by atoms with van der Waals surface area (Å²) in [6.07, 6.45) is 0.717. The van der Waals surface area contributed by atoms with Gasteiger partial charge in [-0.1, -0.05) is 11.8 Å². The van der Waals surface area contributed by atoms with Crippen LogP contribution in [0.25, 0.3) is 0 Å². The van der Waals surface area contributed by atoms with Crippen LogP contribution in [0.2, 0.25) is 0 Å². The third-order valence-electron chi connectivity index (χ3n) is 1.11. The van der Waals surface area contributed by atoms with Gasteiger partial charge in [0.25, 0.3) is 0 Å². The maximum atomic E-state index is 10.9. The van der Waals surface area contributed by atoms with Gasteiger partial charge in [-0.15, -0.1) is 11.8 Å². The molecular weight excluding hydrogens is 168 g/mol. The van der Waals surface area contributed by atoms with Crippen LogP contribution in [0.1, 0.15) is 13.8 Å². The molecule has 1 atom stereocenters. The zero-order valence-corrected chi connectivity index (χ0v) is 7.42. The molecule has 0 saturated carbocycles.